The normalized spacial score (nSPS) is 12.0. The van der Waals surface area contributed by atoms with Crippen LogP contribution in [0.5, 0.6) is 0 Å². The quantitative estimate of drug-likeness (QED) is 0.427. The highest BCUT2D eigenvalue weighted by Gasteiger charge is 2.33. The number of hydrogen-bond donors (Lipinski definition) is 1. The number of imidazole rings is 1. The zero-order valence-electron chi connectivity index (χ0n) is 16.2. The number of fused-ring (bicyclic) bond motifs is 1. The summed E-state index contributed by atoms with van der Waals surface area (Å²) in [6.45, 7) is 5.81. The lowest BCUT2D eigenvalue weighted by molar-refractivity contribution is -0.0330. The maximum Gasteiger partial charge on any atom is 0.447 e. The minimum absolute atomic E-state index is 0.0148. The molecular formula is C19H17BrF3N5OS. The Morgan fingerprint density at radius 2 is 2.07 bits per heavy atom. The van der Waals surface area contributed by atoms with Gasteiger partial charge in [0.2, 0.25) is 0 Å². The van der Waals surface area contributed by atoms with Crippen molar-refractivity contribution in [2.24, 2.45) is 0 Å². The lowest BCUT2D eigenvalue weighted by atomic mass is 10.1. The van der Waals surface area contributed by atoms with E-state index in [1.54, 1.807) is 23.0 Å². The molecule has 158 valence electrons. The van der Waals surface area contributed by atoms with Crippen molar-refractivity contribution in [2.75, 3.05) is 6.54 Å². The van der Waals surface area contributed by atoms with Crippen molar-refractivity contribution in [1.29, 1.82) is 0 Å². The fourth-order valence-electron chi connectivity index (χ4n) is 2.46. The second-order valence-electron chi connectivity index (χ2n) is 7.19. The summed E-state index contributed by atoms with van der Waals surface area (Å²) in [5, 5.41) is 6.63. The van der Waals surface area contributed by atoms with E-state index in [-0.39, 0.29) is 40.5 Å². The van der Waals surface area contributed by atoms with Gasteiger partial charge in [-0.3, -0.25) is 13.9 Å². The van der Waals surface area contributed by atoms with Crippen LogP contribution in [0.15, 0.2) is 40.2 Å². The summed E-state index contributed by atoms with van der Waals surface area (Å²) in [4.78, 5) is 16.4. The van der Waals surface area contributed by atoms with E-state index in [1.165, 1.54) is 16.8 Å². The summed E-state index contributed by atoms with van der Waals surface area (Å²) in [5.74, 6) is 4.92. The van der Waals surface area contributed by atoms with Crippen LogP contribution in [0.4, 0.5) is 13.2 Å². The highest BCUT2D eigenvalue weighted by atomic mass is 79.9. The highest BCUT2D eigenvalue weighted by molar-refractivity contribution is 9.10. The van der Waals surface area contributed by atoms with Crippen molar-refractivity contribution >= 4 is 39.2 Å². The first-order valence-corrected chi connectivity index (χ1v) is 10.3. The molecule has 3 heterocycles. The molecule has 0 aliphatic rings. The summed E-state index contributed by atoms with van der Waals surface area (Å²) in [5.41, 5.74) is -4.07. The molecule has 0 radical (unpaired) electrons. The minimum Gasteiger partial charge on any atom is -0.341 e. The van der Waals surface area contributed by atoms with Crippen molar-refractivity contribution in [3.8, 4) is 11.8 Å². The zero-order valence-corrected chi connectivity index (χ0v) is 18.6. The van der Waals surface area contributed by atoms with E-state index in [2.05, 4.69) is 43.2 Å². The van der Waals surface area contributed by atoms with Crippen LogP contribution in [-0.4, -0.2) is 37.1 Å². The molecule has 0 fully saturated rings. The van der Waals surface area contributed by atoms with Crippen LogP contribution in [0.2, 0.25) is 0 Å². The number of pyridine rings is 1. The molecule has 6 nitrogen and oxygen atoms in total. The molecule has 3 rings (SSSR count). The average molecular weight is 500 g/mol. The number of nitrogens with one attached hydrogen (secondary N) is 1. The zero-order chi connectivity index (χ0) is 22.1. The van der Waals surface area contributed by atoms with Gasteiger partial charge in [-0.1, -0.05) is 5.92 Å². The van der Waals surface area contributed by atoms with Crippen molar-refractivity contribution in [3.63, 3.8) is 0 Å². The van der Waals surface area contributed by atoms with Crippen LogP contribution in [0.3, 0.4) is 0 Å². The average Bonchev–Trinajstić information content (AvgIpc) is 3.24. The maximum absolute atomic E-state index is 13.0. The Hall–Kier alpha value is -2.45. The summed E-state index contributed by atoms with van der Waals surface area (Å²) in [6.07, 6.45) is 4.56. The summed E-state index contributed by atoms with van der Waals surface area (Å²) in [6, 6.07) is 3.29. The number of nitrogens with zero attached hydrogens (tertiary/aromatic N) is 4. The molecule has 0 atom stereocenters. The highest BCUT2D eigenvalue weighted by Crippen LogP contribution is 2.39. The number of thioether (sulfide) groups is 1. The second-order valence-corrected chi connectivity index (χ2v) is 9.10. The van der Waals surface area contributed by atoms with Gasteiger partial charge in [-0.05, 0) is 54.8 Å². The van der Waals surface area contributed by atoms with Gasteiger partial charge < -0.3 is 5.32 Å². The molecule has 0 saturated heterocycles. The lowest BCUT2D eigenvalue weighted by Crippen LogP contribution is -2.24. The van der Waals surface area contributed by atoms with Crippen LogP contribution in [0, 0.1) is 11.8 Å². The Balaban J connectivity index is 1.77. The van der Waals surface area contributed by atoms with Crippen LogP contribution in [0.1, 0.15) is 36.8 Å². The molecule has 0 unspecified atom stereocenters. The molecule has 0 aromatic carbocycles. The van der Waals surface area contributed by atoms with Gasteiger partial charge in [-0.25, -0.2) is 4.98 Å². The Morgan fingerprint density at radius 1 is 1.33 bits per heavy atom. The van der Waals surface area contributed by atoms with Crippen LogP contribution in [-0.2, 0) is 5.54 Å². The van der Waals surface area contributed by atoms with Crippen LogP contribution >= 0.6 is 27.7 Å². The minimum atomic E-state index is -4.49. The van der Waals surface area contributed by atoms with Gasteiger partial charge in [0.1, 0.15) is 10.7 Å². The van der Waals surface area contributed by atoms with Gasteiger partial charge in [0.05, 0.1) is 28.3 Å². The van der Waals surface area contributed by atoms with Crippen molar-refractivity contribution in [2.45, 2.75) is 36.8 Å². The molecule has 0 aliphatic carbocycles. The third-order valence-electron chi connectivity index (χ3n) is 3.85. The topological polar surface area (TPSA) is 64.2 Å². The molecule has 1 amide bonds. The third kappa shape index (κ3) is 5.17. The Bertz CT molecular complexity index is 1150. The lowest BCUT2D eigenvalue weighted by Gasteiger charge is -2.18. The molecule has 30 heavy (non-hydrogen) atoms. The monoisotopic (exact) mass is 499 g/mol. The molecule has 0 spiro atoms. The van der Waals surface area contributed by atoms with Crippen molar-refractivity contribution < 1.29 is 18.0 Å². The summed E-state index contributed by atoms with van der Waals surface area (Å²) in [7, 11) is 0. The number of hydrogen-bond acceptors (Lipinski definition) is 4. The predicted molar refractivity (Wildman–Crippen MR) is 111 cm³/mol. The van der Waals surface area contributed by atoms with Gasteiger partial charge in [0.15, 0.2) is 5.65 Å². The van der Waals surface area contributed by atoms with E-state index in [4.69, 9.17) is 0 Å². The molecule has 3 aromatic heterocycles. The van der Waals surface area contributed by atoms with Gasteiger partial charge in [-0.15, -0.1) is 0 Å². The Morgan fingerprint density at radius 3 is 2.70 bits per heavy atom. The van der Waals surface area contributed by atoms with E-state index in [0.717, 1.165) is 0 Å². The first kappa shape index (κ1) is 22.2. The standard InChI is InChI=1S/C19H17BrF3N5OS/c1-18(2,3)28-11-12(10-25-28)16(29)24-8-4-7-14-17(30-19(21,22)23)27-9-5-6-13(20)15(27)26-14/h5-6,9-11H,8H2,1-3H3,(H,24,29). The number of amides is 1. The molecule has 1 N–H and O–H groups in total. The molecule has 0 saturated carbocycles. The van der Waals surface area contributed by atoms with Gasteiger partial charge in [0.25, 0.3) is 5.91 Å². The number of carbonyl (C=O) groups is 1. The van der Waals surface area contributed by atoms with Crippen LogP contribution in [0.25, 0.3) is 5.65 Å². The summed E-state index contributed by atoms with van der Waals surface area (Å²) < 4.78 is 42.5. The van der Waals surface area contributed by atoms with Gasteiger partial charge in [-0.2, -0.15) is 18.3 Å². The fourth-order valence-corrected chi connectivity index (χ4v) is 3.55. The van der Waals surface area contributed by atoms with E-state index in [9.17, 15) is 18.0 Å². The summed E-state index contributed by atoms with van der Waals surface area (Å²) >= 11 is 3.00. The first-order chi connectivity index (χ1) is 14.0. The molecule has 3 aromatic rings. The number of carbonyl (C=O) groups excluding carboxylic acids is 1. The predicted octanol–water partition coefficient (Wildman–Crippen LogP) is 4.44. The molecule has 0 aliphatic heterocycles. The molecular weight excluding hydrogens is 483 g/mol. The maximum atomic E-state index is 13.0. The SMILES string of the molecule is CC(C)(C)n1cc(C(=O)NCC#Cc2nc3c(Br)cccn3c2SC(F)(F)F)cn1. The first-order valence-electron chi connectivity index (χ1n) is 8.70. The molecule has 0 bridgehead atoms. The van der Waals surface area contributed by atoms with Gasteiger partial charge >= 0.3 is 5.51 Å². The number of halogens is 4. The van der Waals surface area contributed by atoms with E-state index in [1.807, 2.05) is 20.8 Å². The largest absolute Gasteiger partial charge is 0.447 e. The fraction of sp³-hybridized carbons (Fsp3) is 0.316. The Labute approximate surface area is 183 Å². The van der Waals surface area contributed by atoms with E-state index >= 15 is 0 Å². The Kier molecular flexibility index (Phi) is 6.19. The van der Waals surface area contributed by atoms with Crippen LogP contribution < -0.4 is 5.32 Å². The van der Waals surface area contributed by atoms with Crippen molar-refractivity contribution in [1.82, 2.24) is 24.5 Å². The number of rotatable bonds is 3. The van der Waals surface area contributed by atoms with E-state index < -0.39 is 5.51 Å². The number of aromatic nitrogens is 4. The third-order valence-corrected chi connectivity index (χ3v) is 5.28. The number of alkyl halides is 3. The van der Waals surface area contributed by atoms with Gasteiger partial charge in [0, 0.05) is 24.2 Å². The second kappa shape index (κ2) is 8.35. The van der Waals surface area contributed by atoms with Crippen molar-refractivity contribution in [3.05, 3.63) is 46.5 Å². The smallest absolute Gasteiger partial charge is 0.341 e. The van der Waals surface area contributed by atoms with E-state index in [0.29, 0.717) is 15.7 Å². The molecule has 11 heteroatoms.